The average Bonchev–Trinajstić information content (AvgIpc) is 3.06. The van der Waals surface area contributed by atoms with Crippen molar-refractivity contribution in [3.8, 4) is 0 Å². The molecule has 4 N–H and O–H groups in total. The number of sulfonamides is 1. The fourth-order valence-corrected chi connectivity index (χ4v) is 4.50. The number of aromatic amines is 1. The largest absolute Gasteiger partial charge is 0.325 e. The van der Waals surface area contributed by atoms with E-state index in [1.54, 1.807) is 18.3 Å². The third-order valence-electron chi connectivity index (χ3n) is 3.32. The highest BCUT2D eigenvalue weighted by Crippen LogP contribution is 2.27. The van der Waals surface area contributed by atoms with E-state index in [0.717, 1.165) is 4.88 Å². The first kappa shape index (κ1) is 16.2. The number of nitrogens with two attached hydrogens (primary N) is 1. The van der Waals surface area contributed by atoms with Gasteiger partial charge in [0.25, 0.3) is 0 Å². The summed E-state index contributed by atoms with van der Waals surface area (Å²) in [6, 6.07) is 3.97. The number of hydrogen-bond acceptors (Lipinski definition) is 5. The number of H-pyrrole nitrogens is 1. The van der Waals surface area contributed by atoms with Gasteiger partial charge in [0.05, 0.1) is 11.4 Å². The molecule has 0 saturated heterocycles. The summed E-state index contributed by atoms with van der Waals surface area (Å²) in [6.45, 7) is 6.07. The van der Waals surface area contributed by atoms with Gasteiger partial charge in [0.1, 0.15) is 4.90 Å². The van der Waals surface area contributed by atoms with E-state index in [1.165, 1.54) is 0 Å². The van der Waals surface area contributed by atoms with Crippen LogP contribution < -0.4 is 10.5 Å². The Balaban J connectivity index is 2.21. The van der Waals surface area contributed by atoms with Crippen LogP contribution >= 0.6 is 11.3 Å². The Kier molecular flexibility index (Phi) is 4.52. The molecule has 2 rings (SSSR count). The van der Waals surface area contributed by atoms with Gasteiger partial charge in [-0.3, -0.25) is 5.10 Å². The summed E-state index contributed by atoms with van der Waals surface area (Å²) in [5, 5.41) is 8.58. The summed E-state index contributed by atoms with van der Waals surface area (Å²) in [5.41, 5.74) is 6.12. The molecule has 0 saturated carbocycles. The Bertz CT molecular complexity index is 703. The SMILES string of the molecule is Cc1[nH]nc(CN)c1S(=O)(=O)NCC(C)(C)c1cccs1. The summed E-state index contributed by atoms with van der Waals surface area (Å²) < 4.78 is 27.6. The van der Waals surface area contributed by atoms with Crippen molar-refractivity contribution in [1.82, 2.24) is 14.9 Å². The lowest BCUT2D eigenvalue weighted by atomic mass is 9.92. The summed E-state index contributed by atoms with van der Waals surface area (Å²) in [4.78, 5) is 1.29. The molecule has 0 aliphatic carbocycles. The molecule has 0 aliphatic heterocycles. The maximum Gasteiger partial charge on any atom is 0.244 e. The lowest BCUT2D eigenvalue weighted by molar-refractivity contribution is 0.508. The Morgan fingerprint density at radius 2 is 2.19 bits per heavy atom. The minimum Gasteiger partial charge on any atom is -0.325 e. The zero-order valence-electron chi connectivity index (χ0n) is 12.3. The second kappa shape index (κ2) is 5.88. The maximum atomic E-state index is 12.5. The molecule has 0 bridgehead atoms. The molecule has 0 aliphatic rings. The van der Waals surface area contributed by atoms with Gasteiger partial charge in [-0.05, 0) is 18.4 Å². The third-order valence-corrected chi connectivity index (χ3v) is 6.16. The van der Waals surface area contributed by atoms with E-state index >= 15 is 0 Å². The predicted octanol–water partition coefficient (Wildman–Crippen LogP) is 1.49. The van der Waals surface area contributed by atoms with Gasteiger partial charge in [0.2, 0.25) is 10.0 Å². The second-order valence-corrected chi connectivity index (χ2v) is 8.17. The van der Waals surface area contributed by atoms with E-state index in [9.17, 15) is 8.42 Å². The van der Waals surface area contributed by atoms with Crippen molar-refractivity contribution < 1.29 is 8.42 Å². The van der Waals surface area contributed by atoms with Crippen LogP contribution in [0, 0.1) is 6.92 Å². The van der Waals surface area contributed by atoms with E-state index in [1.807, 2.05) is 31.4 Å². The monoisotopic (exact) mass is 328 g/mol. The standard InChI is InChI=1S/C13H20N4O2S2/c1-9-12(10(7-14)17-16-9)21(18,19)15-8-13(2,3)11-5-4-6-20-11/h4-6,15H,7-8,14H2,1-3H3,(H,16,17). The van der Waals surface area contributed by atoms with E-state index in [-0.39, 0.29) is 16.9 Å². The first-order chi connectivity index (χ1) is 9.78. The Labute approximate surface area is 128 Å². The summed E-state index contributed by atoms with van der Waals surface area (Å²) >= 11 is 1.62. The minimum atomic E-state index is -3.63. The summed E-state index contributed by atoms with van der Waals surface area (Å²) in [5.74, 6) is 0. The zero-order valence-corrected chi connectivity index (χ0v) is 13.9. The Hall–Kier alpha value is -1.22. The van der Waals surface area contributed by atoms with Crippen LogP contribution in [0.4, 0.5) is 0 Å². The lowest BCUT2D eigenvalue weighted by Gasteiger charge is -2.23. The first-order valence-corrected chi connectivity index (χ1v) is 8.92. The number of nitrogens with one attached hydrogen (secondary N) is 2. The van der Waals surface area contributed by atoms with Crippen LogP contribution in [0.2, 0.25) is 0 Å². The topological polar surface area (TPSA) is 101 Å². The molecular weight excluding hydrogens is 308 g/mol. The van der Waals surface area contributed by atoms with E-state index in [2.05, 4.69) is 14.9 Å². The van der Waals surface area contributed by atoms with Crippen molar-refractivity contribution in [2.75, 3.05) is 6.54 Å². The first-order valence-electron chi connectivity index (χ1n) is 6.55. The van der Waals surface area contributed by atoms with Gasteiger partial charge in [-0.15, -0.1) is 11.3 Å². The van der Waals surface area contributed by atoms with Gasteiger partial charge in [0, 0.05) is 23.4 Å². The summed E-state index contributed by atoms with van der Waals surface area (Å²) in [7, 11) is -3.63. The van der Waals surface area contributed by atoms with Crippen molar-refractivity contribution in [3.63, 3.8) is 0 Å². The molecule has 116 valence electrons. The van der Waals surface area contributed by atoms with Crippen LogP contribution in [0.3, 0.4) is 0 Å². The van der Waals surface area contributed by atoms with Gasteiger partial charge >= 0.3 is 0 Å². The Morgan fingerprint density at radius 3 is 2.76 bits per heavy atom. The quantitative estimate of drug-likeness (QED) is 0.748. The molecule has 0 amide bonds. The van der Waals surface area contributed by atoms with Crippen LogP contribution in [0.25, 0.3) is 0 Å². The molecule has 0 atom stereocenters. The van der Waals surface area contributed by atoms with Crippen LogP contribution in [0.15, 0.2) is 22.4 Å². The molecule has 6 nitrogen and oxygen atoms in total. The van der Waals surface area contributed by atoms with Crippen LogP contribution in [0.1, 0.15) is 30.1 Å². The number of rotatable bonds is 6. The van der Waals surface area contributed by atoms with Crippen LogP contribution in [-0.2, 0) is 22.0 Å². The molecule has 0 radical (unpaired) electrons. The third kappa shape index (κ3) is 3.34. The normalized spacial score (nSPS) is 12.8. The molecule has 0 aromatic carbocycles. The van der Waals surface area contributed by atoms with Gasteiger partial charge in [-0.2, -0.15) is 5.10 Å². The molecule has 21 heavy (non-hydrogen) atoms. The van der Waals surface area contributed by atoms with Gasteiger partial charge in [0.15, 0.2) is 0 Å². The summed E-state index contributed by atoms with van der Waals surface area (Å²) in [6.07, 6.45) is 0. The van der Waals surface area contributed by atoms with Crippen LogP contribution in [0.5, 0.6) is 0 Å². The zero-order chi connectivity index (χ0) is 15.7. The number of thiophene rings is 1. The highest BCUT2D eigenvalue weighted by molar-refractivity contribution is 7.89. The molecule has 0 fully saturated rings. The van der Waals surface area contributed by atoms with E-state index in [0.29, 0.717) is 17.9 Å². The second-order valence-electron chi connectivity index (χ2n) is 5.51. The maximum absolute atomic E-state index is 12.5. The average molecular weight is 328 g/mol. The molecule has 0 spiro atoms. The van der Waals surface area contributed by atoms with Gasteiger partial charge in [-0.25, -0.2) is 13.1 Å². The van der Waals surface area contributed by atoms with Gasteiger partial charge in [-0.1, -0.05) is 19.9 Å². The smallest absolute Gasteiger partial charge is 0.244 e. The molecule has 0 unspecified atom stereocenters. The minimum absolute atomic E-state index is 0.0783. The van der Waals surface area contributed by atoms with E-state index in [4.69, 9.17) is 5.73 Å². The lowest BCUT2D eigenvalue weighted by Crippen LogP contribution is -2.36. The van der Waals surface area contributed by atoms with Crippen molar-refractivity contribution in [3.05, 3.63) is 33.8 Å². The number of nitrogens with zero attached hydrogens (tertiary/aromatic N) is 1. The molecule has 2 aromatic rings. The van der Waals surface area contributed by atoms with Crippen LogP contribution in [-0.4, -0.2) is 25.2 Å². The highest BCUT2D eigenvalue weighted by Gasteiger charge is 2.28. The van der Waals surface area contributed by atoms with Crippen molar-refractivity contribution >= 4 is 21.4 Å². The highest BCUT2D eigenvalue weighted by atomic mass is 32.2. The number of hydrogen-bond donors (Lipinski definition) is 3. The molecule has 2 aromatic heterocycles. The number of aryl methyl sites for hydroxylation is 1. The van der Waals surface area contributed by atoms with Crippen molar-refractivity contribution in [2.45, 2.75) is 37.6 Å². The molecule has 2 heterocycles. The van der Waals surface area contributed by atoms with Crippen molar-refractivity contribution in [2.24, 2.45) is 5.73 Å². The predicted molar refractivity (Wildman–Crippen MR) is 83.7 cm³/mol. The molecule has 8 heteroatoms. The fourth-order valence-electron chi connectivity index (χ4n) is 2.06. The molecular formula is C13H20N4O2S2. The number of aromatic nitrogens is 2. The Morgan fingerprint density at radius 1 is 1.48 bits per heavy atom. The fraction of sp³-hybridized carbons (Fsp3) is 0.462. The van der Waals surface area contributed by atoms with E-state index < -0.39 is 10.0 Å². The van der Waals surface area contributed by atoms with Gasteiger partial charge < -0.3 is 5.73 Å². The van der Waals surface area contributed by atoms with Crippen molar-refractivity contribution in [1.29, 1.82) is 0 Å².